The molecule has 0 aliphatic carbocycles. The molecule has 0 heterocycles. The average molecular weight is 235 g/mol. The molecule has 1 unspecified atom stereocenters. The second kappa shape index (κ2) is 6.18. The van der Waals surface area contributed by atoms with Gasteiger partial charge >= 0.3 is 0 Å². The molecule has 0 bridgehead atoms. The molecule has 1 aromatic rings. The summed E-state index contributed by atoms with van der Waals surface area (Å²) in [6.07, 6.45) is 0.827. The minimum absolute atomic E-state index is 0.519. The fraction of sp³-hybridized carbons (Fsp3) is 0.600. The number of rotatable bonds is 6. The van der Waals surface area contributed by atoms with Crippen LogP contribution in [0.3, 0.4) is 0 Å². The van der Waals surface area contributed by atoms with Crippen molar-refractivity contribution in [3.05, 3.63) is 35.4 Å². The summed E-state index contributed by atoms with van der Waals surface area (Å²) in [5, 5.41) is 13.5. The zero-order valence-corrected chi connectivity index (χ0v) is 11.5. The van der Waals surface area contributed by atoms with Crippen LogP contribution in [-0.4, -0.2) is 17.3 Å². The second-order valence-electron chi connectivity index (χ2n) is 5.69. The van der Waals surface area contributed by atoms with E-state index < -0.39 is 5.60 Å². The zero-order chi connectivity index (χ0) is 12.9. The molecule has 1 aromatic carbocycles. The summed E-state index contributed by atoms with van der Waals surface area (Å²) in [4.78, 5) is 0. The van der Waals surface area contributed by atoms with E-state index in [1.54, 1.807) is 0 Å². The summed E-state index contributed by atoms with van der Waals surface area (Å²) in [6.45, 7) is 9.72. The standard InChI is InChI=1S/C15H25NO/c1-12(2)9-15(4,17)11-16-10-14-7-5-6-13(3)8-14/h5-8,12,16-17H,9-11H2,1-4H3. The lowest BCUT2D eigenvalue weighted by atomic mass is 9.94. The number of benzene rings is 1. The molecular weight excluding hydrogens is 210 g/mol. The molecule has 0 aliphatic heterocycles. The number of hydrogen-bond donors (Lipinski definition) is 2. The van der Waals surface area contributed by atoms with E-state index in [1.807, 2.05) is 6.92 Å². The SMILES string of the molecule is Cc1cccc(CNCC(C)(O)CC(C)C)c1. The van der Waals surface area contributed by atoms with E-state index in [0.717, 1.165) is 13.0 Å². The van der Waals surface area contributed by atoms with Gasteiger partial charge in [-0.1, -0.05) is 43.7 Å². The third-order valence-corrected chi connectivity index (χ3v) is 2.77. The first-order valence-corrected chi connectivity index (χ1v) is 6.38. The summed E-state index contributed by atoms with van der Waals surface area (Å²) < 4.78 is 0. The van der Waals surface area contributed by atoms with Crippen molar-refractivity contribution in [1.29, 1.82) is 0 Å². The van der Waals surface area contributed by atoms with Crippen molar-refractivity contribution in [3.63, 3.8) is 0 Å². The Morgan fingerprint density at radius 2 is 2.06 bits per heavy atom. The Kier molecular flexibility index (Phi) is 5.16. The normalized spacial score (nSPS) is 14.9. The lowest BCUT2D eigenvalue weighted by molar-refractivity contribution is 0.0383. The fourth-order valence-electron chi connectivity index (χ4n) is 2.25. The molecule has 0 saturated heterocycles. The lowest BCUT2D eigenvalue weighted by Crippen LogP contribution is -2.38. The molecule has 2 nitrogen and oxygen atoms in total. The lowest BCUT2D eigenvalue weighted by Gasteiger charge is -2.25. The highest BCUT2D eigenvalue weighted by Crippen LogP contribution is 2.15. The van der Waals surface area contributed by atoms with Crippen LogP contribution in [0.25, 0.3) is 0 Å². The summed E-state index contributed by atoms with van der Waals surface area (Å²) in [7, 11) is 0. The third-order valence-electron chi connectivity index (χ3n) is 2.77. The van der Waals surface area contributed by atoms with Gasteiger partial charge in [0.1, 0.15) is 0 Å². The van der Waals surface area contributed by atoms with Crippen LogP contribution in [0.15, 0.2) is 24.3 Å². The average Bonchev–Trinajstić information content (AvgIpc) is 2.15. The maximum Gasteiger partial charge on any atom is 0.0746 e. The molecule has 2 N–H and O–H groups in total. The van der Waals surface area contributed by atoms with Crippen LogP contribution >= 0.6 is 0 Å². The number of nitrogens with one attached hydrogen (secondary N) is 1. The van der Waals surface area contributed by atoms with Gasteiger partial charge in [-0.15, -0.1) is 0 Å². The maximum atomic E-state index is 10.2. The molecule has 0 radical (unpaired) electrons. The molecule has 0 amide bonds. The fourth-order valence-corrected chi connectivity index (χ4v) is 2.25. The van der Waals surface area contributed by atoms with Crippen LogP contribution in [0.1, 0.15) is 38.3 Å². The zero-order valence-electron chi connectivity index (χ0n) is 11.5. The molecule has 0 spiro atoms. The molecule has 0 aromatic heterocycles. The molecule has 0 saturated carbocycles. The summed E-state index contributed by atoms with van der Waals surface area (Å²) in [5.41, 5.74) is 1.93. The quantitative estimate of drug-likeness (QED) is 0.794. The highest BCUT2D eigenvalue weighted by molar-refractivity contribution is 5.21. The summed E-state index contributed by atoms with van der Waals surface area (Å²) in [6, 6.07) is 8.44. The summed E-state index contributed by atoms with van der Waals surface area (Å²) in [5.74, 6) is 0.519. The minimum atomic E-state index is -0.613. The molecule has 0 fully saturated rings. The van der Waals surface area contributed by atoms with Crippen molar-refractivity contribution in [1.82, 2.24) is 5.32 Å². The largest absolute Gasteiger partial charge is 0.389 e. The van der Waals surface area contributed by atoms with Crippen molar-refractivity contribution < 1.29 is 5.11 Å². The molecule has 96 valence electrons. The Balaban J connectivity index is 2.37. The van der Waals surface area contributed by atoms with E-state index in [1.165, 1.54) is 11.1 Å². The molecule has 2 heteroatoms. The number of aliphatic hydroxyl groups is 1. The van der Waals surface area contributed by atoms with Gasteiger partial charge in [-0.05, 0) is 31.7 Å². The van der Waals surface area contributed by atoms with Gasteiger partial charge in [-0.25, -0.2) is 0 Å². The van der Waals surface area contributed by atoms with Crippen LogP contribution in [0.2, 0.25) is 0 Å². The summed E-state index contributed by atoms with van der Waals surface area (Å²) >= 11 is 0. The predicted molar refractivity (Wildman–Crippen MR) is 73.0 cm³/mol. The first-order valence-electron chi connectivity index (χ1n) is 6.38. The van der Waals surface area contributed by atoms with Gasteiger partial charge in [-0.3, -0.25) is 0 Å². The van der Waals surface area contributed by atoms with Crippen LogP contribution in [0.5, 0.6) is 0 Å². The minimum Gasteiger partial charge on any atom is -0.389 e. The predicted octanol–water partition coefficient (Wildman–Crippen LogP) is 2.88. The van der Waals surface area contributed by atoms with E-state index >= 15 is 0 Å². The highest BCUT2D eigenvalue weighted by atomic mass is 16.3. The van der Waals surface area contributed by atoms with Crippen molar-refractivity contribution in [3.8, 4) is 0 Å². The molecule has 1 rings (SSSR count). The van der Waals surface area contributed by atoms with Crippen LogP contribution in [-0.2, 0) is 6.54 Å². The monoisotopic (exact) mass is 235 g/mol. The van der Waals surface area contributed by atoms with Crippen LogP contribution in [0, 0.1) is 12.8 Å². The van der Waals surface area contributed by atoms with Gasteiger partial charge in [0.15, 0.2) is 0 Å². The maximum absolute atomic E-state index is 10.2. The molecule has 17 heavy (non-hydrogen) atoms. The van der Waals surface area contributed by atoms with Crippen molar-refractivity contribution in [2.24, 2.45) is 5.92 Å². The first kappa shape index (κ1) is 14.2. The second-order valence-corrected chi connectivity index (χ2v) is 5.69. The Labute approximate surface area is 105 Å². The smallest absolute Gasteiger partial charge is 0.0746 e. The highest BCUT2D eigenvalue weighted by Gasteiger charge is 2.20. The van der Waals surface area contributed by atoms with Gasteiger partial charge in [0.2, 0.25) is 0 Å². The van der Waals surface area contributed by atoms with Gasteiger partial charge in [0, 0.05) is 13.1 Å². The Hall–Kier alpha value is -0.860. The van der Waals surface area contributed by atoms with Crippen LogP contribution < -0.4 is 5.32 Å². The first-order chi connectivity index (χ1) is 7.89. The van der Waals surface area contributed by atoms with Crippen molar-refractivity contribution in [2.75, 3.05) is 6.54 Å². The van der Waals surface area contributed by atoms with Gasteiger partial charge in [-0.2, -0.15) is 0 Å². The topological polar surface area (TPSA) is 32.3 Å². The number of hydrogen-bond acceptors (Lipinski definition) is 2. The molecular formula is C15H25NO. The molecule has 1 atom stereocenters. The van der Waals surface area contributed by atoms with Gasteiger partial charge in [0.25, 0.3) is 0 Å². The Morgan fingerprint density at radius 3 is 2.65 bits per heavy atom. The molecule has 0 aliphatic rings. The van der Waals surface area contributed by atoms with E-state index in [2.05, 4.69) is 50.4 Å². The van der Waals surface area contributed by atoms with Gasteiger partial charge < -0.3 is 10.4 Å². The Morgan fingerprint density at radius 1 is 1.35 bits per heavy atom. The Bertz CT molecular complexity index is 345. The number of aryl methyl sites for hydroxylation is 1. The van der Waals surface area contributed by atoms with Crippen LogP contribution in [0.4, 0.5) is 0 Å². The van der Waals surface area contributed by atoms with E-state index in [-0.39, 0.29) is 0 Å². The van der Waals surface area contributed by atoms with Gasteiger partial charge in [0.05, 0.1) is 5.60 Å². The van der Waals surface area contributed by atoms with Crippen molar-refractivity contribution in [2.45, 2.75) is 46.3 Å². The van der Waals surface area contributed by atoms with Crippen molar-refractivity contribution >= 4 is 0 Å². The van der Waals surface area contributed by atoms with E-state index in [0.29, 0.717) is 12.5 Å². The third kappa shape index (κ3) is 5.85. The van der Waals surface area contributed by atoms with E-state index in [9.17, 15) is 5.11 Å². The van der Waals surface area contributed by atoms with E-state index in [4.69, 9.17) is 0 Å².